The summed E-state index contributed by atoms with van der Waals surface area (Å²) in [5, 5.41) is 11.5. The van der Waals surface area contributed by atoms with Crippen LogP contribution in [-0.4, -0.2) is 37.4 Å². The van der Waals surface area contributed by atoms with E-state index in [9.17, 15) is 4.79 Å². The molecule has 0 aromatic rings. The van der Waals surface area contributed by atoms with Crippen LogP contribution in [0.2, 0.25) is 0 Å². The van der Waals surface area contributed by atoms with Crippen molar-refractivity contribution < 1.29 is 14.6 Å². The molecule has 0 spiro atoms. The van der Waals surface area contributed by atoms with Crippen LogP contribution in [0.25, 0.3) is 0 Å². The summed E-state index contributed by atoms with van der Waals surface area (Å²) in [5.41, 5.74) is 0. The molecule has 0 rings (SSSR count). The molecule has 0 heterocycles. The van der Waals surface area contributed by atoms with E-state index in [1.165, 1.54) is 0 Å². The van der Waals surface area contributed by atoms with Crippen LogP contribution in [0.1, 0.15) is 32.6 Å². The third-order valence-corrected chi connectivity index (χ3v) is 2.05. The van der Waals surface area contributed by atoms with Crippen LogP contribution in [0.15, 0.2) is 0 Å². The molecular formula is C10H21NO3. The SMILES string of the molecule is CCCCNC(=O)CC(CCO)OC. The molecule has 1 atom stereocenters. The van der Waals surface area contributed by atoms with Gasteiger partial charge in [0.1, 0.15) is 0 Å². The van der Waals surface area contributed by atoms with Crippen molar-refractivity contribution in [3.63, 3.8) is 0 Å². The molecule has 0 aromatic carbocycles. The van der Waals surface area contributed by atoms with Crippen LogP contribution in [0.5, 0.6) is 0 Å². The van der Waals surface area contributed by atoms with Gasteiger partial charge < -0.3 is 15.2 Å². The van der Waals surface area contributed by atoms with E-state index < -0.39 is 0 Å². The Kier molecular flexibility index (Phi) is 8.57. The first-order valence-corrected chi connectivity index (χ1v) is 5.15. The van der Waals surface area contributed by atoms with Gasteiger partial charge in [-0.3, -0.25) is 4.79 Å². The van der Waals surface area contributed by atoms with Gasteiger partial charge in [0.05, 0.1) is 12.5 Å². The van der Waals surface area contributed by atoms with Crippen molar-refractivity contribution in [2.75, 3.05) is 20.3 Å². The fourth-order valence-electron chi connectivity index (χ4n) is 1.13. The van der Waals surface area contributed by atoms with E-state index in [1.54, 1.807) is 7.11 Å². The number of carbonyl (C=O) groups excluding carboxylic acids is 1. The lowest BCUT2D eigenvalue weighted by molar-refractivity contribution is -0.123. The average molecular weight is 203 g/mol. The monoisotopic (exact) mass is 203 g/mol. The summed E-state index contributed by atoms with van der Waals surface area (Å²) in [6.45, 7) is 2.86. The van der Waals surface area contributed by atoms with E-state index in [1.807, 2.05) is 0 Å². The minimum absolute atomic E-state index is 0.00116. The molecule has 0 saturated carbocycles. The van der Waals surface area contributed by atoms with Gasteiger partial charge in [-0.1, -0.05) is 13.3 Å². The zero-order valence-corrected chi connectivity index (χ0v) is 9.08. The number of nitrogens with one attached hydrogen (secondary N) is 1. The highest BCUT2D eigenvalue weighted by Crippen LogP contribution is 2.01. The minimum Gasteiger partial charge on any atom is -0.396 e. The Morgan fingerprint density at radius 3 is 2.79 bits per heavy atom. The second kappa shape index (κ2) is 8.97. The first-order valence-electron chi connectivity index (χ1n) is 5.15. The summed E-state index contributed by atoms with van der Waals surface area (Å²) < 4.78 is 5.05. The van der Waals surface area contributed by atoms with Crippen molar-refractivity contribution in [2.24, 2.45) is 0 Å². The lowest BCUT2D eigenvalue weighted by Gasteiger charge is -2.13. The van der Waals surface area contributed by atoms with E-state index >= 15 is 0 Å². The third-order valence-electron chi connectivity index (χ3n) is 2.05. The Balaban J connectivity index is 3.56. The Hall–Kier alpha value is -0.610. The van der Waals surface area contributed by atoms with Gasteiger partial charge in [-0.15, -0.1) is 0 Å². The summed E-state index contributed by atoms with van der Waals surface area (Å²) in [5.74, 6) is -0.00116. The molecule has 4 nitrogen and oxygen atoms in total. The number of ether oxygens (including phenoxy) is 1. The maximum atomic E-state index is 11.3. The van der Waals surface area contributed by atoms with Gasteiger partial charge in [0.15, 0.2) is 0 Å². The van der Waals surface area contributed by atoms with Gasteiger partial charge in [-0.05, 0) is 12.8 Å². The minimum atomic E-state index is -0.165. The van der Waals surface area contributed by atoms with E-state index in [4.69, 9.17) is 9.84 Å². The number of unbranched alkanes of at least 4 members (excludes halogenated alkanes) is 1. The summed E-state index contributed by atoms with van der Waals surface area (Å²) in [7, 11) is 1.56. The van der Waals surface area contributed by atoms with Crippen LogP contribution in [0.3, 0.4) is 0 Å². The highest BCUT2D eigenvalue weighted by molar-refractivity contribution is 5.76. The number of amides is 1. The predicted octanol–water partition coefficient (Wildman–Crippen LogP) is 0.690. The van der Waals surface area contributed by atoms with Crippen molar-refractivity contribution in [3.05, 3.63) is 0 Å². The number of hydrogen-bond donors (Lipinski definition) is 2. The molecule has 0 saturated heterocycles. The Morgan fingerprint density at radius 1 is 1.57 bits per heavy atom. The molecule has 0 aliphatic rings. The second-order valence-electron chi connectivity index (χ2n) is 3.28. The van der Waals surface area contributed by atoms with Crippen LogP contribution < -0.4 is 5.32 Å². The Bertz CT molecular complexity index is 150. The summed E-state index contributed by atoms with van der Waals surface area (Å²) in [6, 6.07) is 0. The zero-order valence-electron chi connectivity index (χ0n) is 9.08. The Labute approximate surface area is 85.6 Å². The summed E-state index contributed by atoms with van der Waals surface area (Å²) in [6.07, 6.45) is 2.76. The molecule has 14 heavy (non-hydrogen) atoms. The molecule has 0 aliphatic heterocycles. The van der Waals surface area contributed by atoms with Crippen LogP contribution in [-0.2, 0) is 9.53 Å². The third kappa shape index (κ3) is 6.86. The van der Waals surface area contributed by atoms with Crippen molar-refractivity contribution in [2.45, 2.75) is 38.7 Å². The maximum Gasteiger partial charge on any atom is 0.222 e. The molecule has 0 radical (unpaired) electrons. The van der Waals surface area contributed by atoms with Gasteiger partial charge in [-0.25, -0.2) is 0 Å². The Morgan fingerprint density at radius 2 is 2.29 bits per heavy atom. The molecule has 0 aliphatic carbocycles. The highest BCUT2D eigenvalue weighted by atomic mass is 16.5. The standard InChI is InChI=1S/C10H21NO3/c1-3-4-6-11-10(13)8-9(14-2)5-7-12/h9,12H,3-8H2,1-2H3,(H,11,13). The molecule has 0 bridgehead atoms. The van der Waals surface area contributed by atoms with Gasteiger partial charge in [-0.2, -0.15) is 0 Å². The number of rotatable bonds is 8. The second-order valence-corrected chi connectivity index (χ2v) is 3.28. The van der Waals surface area contributed by atoms with E-state index in [-0.39, 0.29) is 18.6 Å². The topological polar surface area (TPSA) is 58.6 Å². The number of aliphatic hydroxyl groups is 1. The molecule has 1 amide bonds. The maximum absolute atomic E-state index is 11.3. The van der Waals surface area contributed by atoms with Crippen LogP contribution in [0.4, 0.5) is 0 Å². The molecular weight excluding hydrogens is 182 g/mol. The zero-order chi connectivity index (χ0) is 10.8. The predicted molar refractivity (Wildman–Crippen MR) is 55.0 cm³/mol. The summed E-state index contributed by atoms with van der Waals surface area (Å²) in [4.78, 5) is 11.3. The molecule has 1 unspecified atom stereocenters. The molecule has 84 valence electrons. The number of carbonyl (C=O) groups is 1. The summed E-state index contributed by atoms with van der Waals surface area (Å²) >= 11 is 0. The van der Waals surface area contributed by atoms with Crippen LogP contribution in [0, 0.1) is 0 Å². The molecule has 4 heteroatoms. The normalized spacial score (nSPS) is 12.5. The first-order chi connectivity index (χ1) is 6.74. The van der Waals surface area contributed by atoms with Gasteiger partial charge >= 0.3 is 0 Å². The largest absolute Gasteiger partial charge is 0.396 e. The first kappa shape index (κ1) is 13.4. The molecule has 0 fully saturated rings. The van der Waals surface area contributed by atoms with Gasteiger partial charge in [0.25, 0.3) is 0 Å². The van der Waals surface area contributed by atoms with Crippen molar-refractivity contribution in [1.82, 2.24) is 5.32 Å². The average Bonchev–Trinajstić information content (AvgIpc) is 2.17. The van der Waals surface area contributed by atoms with Crippen molar-refractivity contribution >= 4 is 5.91 Å². The highest BCUT2D eigenvalue weighted by Gasteiger charge is 2.11. The fraction of sp³-hybridized carbons (Fsp3) is 0.900. The van der Waals surface area contributed by atoms with E-state index in [0.717, 1.165) is 19.4 Å². The fourth-order valence-corrected chi connectivity index (χ4v) is 1.13. The lowest BCUT2D eigenvalue weighted by atomic mass is 10.2. The van der Waals surface area contributed by atoms with Crippen molar-refractivity contribution in [3.8, 4) is 0 Å². The van der Waals surface area contributed by atoms with Crippen LogP contribution >= 0.6 is 0 Å². The number of methoxy groups -OCH3 is 1. The van der Waals surface area contributed by atoms with E-state index in [0.29, 0.717) is 12.8 Å². The number of hydrogen-bond acceptors (Lipinski definition) is 3. The van der Waals surface area contributed by atoms with Crippen molar-refractivity contribution in [1.29, 1.82) is 0 Å². The van der Waals surface area contributed by atoms with E-state index in [2.05, 4.69) is 12.2 Å². The van der Waals surface area contributed by atoms with Gasteiger partial charge in [0.2, 0.25) is 5.91 Å². The molecule has 0 aromatic heterocycles. The molecule has 2 N–H and O–H groups in total. The lowest BCUT2D eigenvalue weighted by Crippen LogP contribution is -2.29. The van der Waals surface area contributed by atoms with Gasteiger partial charge in [0, 0.05) is 20.3 Å². The number of aliphatic hydroxyl groups excluding tert-OH is 1. The smallest absolute Gasteiger partial charge is 0.222 e. The quantitative estimate of drug-likeness (QED) is 0.571.